The molecule has 0 saturated heterocycles. The SMILES string of the molecule is CC(C)C(CBr)NC(=O)c1ccoc1. The van der Waals surface area contributed by atoms with E-state index in [1.54, 1.807) is 6.07 Å². The summed E-state index contributed by atoms with van der Waals surface area (Å²) in [6, 6.07) is 1.80. The predicted molar refractivity (Wildman–Crippen MR) is 58.6 cm³/mol. The Balaban J connectivity index is 2.56. The van der Waals surface area contributed by atoms with Crippen molar-refractivity contribution in [1.82, 2.24) is 5.32 Å². The van der Waals surface area contributed by atoms with E-state index in [9.17, 15) is 4.79 Å². The lowest BCUT2D eigenvalue weighted by Gasteiger charge is -2.19. The Morgan fingerprint density at radius 1 is 1.64 bits per heavy atom. The zero-order valence-electron chi connectivity index (χ0n) is 8.29. The van der Waals surface area contributed by atoms with E-state index < -0.39 is 0 Å². The second kappa shape index (κ2) is 5.20. The van der Waals surface area contributed by atoms with E-state index in [4.69, 9.17) is 4.42 Å². The van der Waals surface area contributed by atoms with Crippen LogP contribution in [-0.2, 0) is 0 Å². The van der Waals surface area contributed by atoms with Crippen molar-refractivity contribution in [3.05, 3.63) is 24.2 Å². The Bertz CT molecular complexity index is 282. The lowest BCUT2D eigenvalue weighted by molar-refractivity contribution is 0.0931. The summed E-state index contributed by atoms with van der Waals surface area (Å²) in [6.07, 6.45) is 2.94. The molecule has 14 heavy (non-hydrogen) atoms. The molecule has 3 nitrogen and oxygen atoms in total. The molecule has 1 amide bonds. The quantitative estimate of drug-likeness (QED) is 0.845. The van der Waals surface area contributed by atoms with Crippen molar-refractivity contribution in [2.75, 3.05) is 5.33 Å². The lowest BCUT2D eigenvalue weighted by atomic mass is 10.1. The van der Waals surface area contributed by atoms with Crippen molar-refractivity contribution in [2.24, 2.45) is 5.92 Å². The minimum Gasteiger partial charge on any atom is -0.472 e. The van der Waals surface area contributed by atoms with E-state index in [2.05, 4.69) is 35.1 Å². The molecule has 0 bridgehead atoms. The molecule has 4 heteroatoms. The van der Waals surface area contributed by atoms with Crippen molar-refractivity contribution >= 4 is 21.8 Å². The maximum Gasteiger partial charge on any atom is 0.254 e. The van der Waals surface area contributed by atoms with Crippen LogP contribution in [0.3, 0.4) is 0 Å². The maximum atomic E-state index is 11.6. The van der Waals surface area contributed by atoms with Crippen LogP contribution < -0.4 is 5.32 Å². The molecule has 0 fully saturated rings. The van der Waals surface area contributed by atoms with Crippen molar-refractivity contribution < 1.29 is 9.21 Å². The summed E-state index contributed by atoms with van der Waals surface area (Å²) in [4.78, 5) is 11.6. The molecule has 1 heterocycles. The van der Waals surface area contributed by atoms with Gasteiger partial charge in [0, 0.05) is 11.4 Å². The number of furan rings is 1. The monoisotopic (exact) mass is 259 g/mol. The van der Waals surface area contributed by atoms with Gasteiger partial charge in [-0.3, -0.25) is 4.79 Å². The fourth-order valence-electron chi connectivity index (χ4n) is 1.03. The fourth-order valence-corrected chi connectivity index (χ4v) is 1.94. The summed E-state index contributed by atoms with van der Waals surface area (Å²) in [5.74, 6) is 0.321. The Hall–Kier alpha value is -0.770. The highest BCUT2D eigenvalue weighted by Crippen LogP contribution is 2.07. The van der Waals surface area contributed by atoms with Crippen molar-refractivity contribution in [1.29, 1.82) is 0 Å². The summed E-state index contributed by atoms with van der Waals surface area (Å²) in [5.41, 5.74) is 0.566. The number of amides is 1. The molecular weight excluding hydrogens is 246 g/mol. The van der Waals surface area contributed by atoms with E-state index in [0.717, 1.165) is 5.33 Å². The molecule has 1 N–H and O–H groups in total. The summed E-state index contributed by atoms with van der Waals surface area (Å²) in [7, 11) is 0. The smallest absolute Gasteiger partial charge is 0.254 e. The fraction of sp³-hybridized carbons (Fsp3) is 0.500. The lowest BCUT2D eigenvalue weighted by Crippen LogP contribution is -2.39. The van der Waals surface area contributed by atoms with E-state index in [1.807, 2.05) is 0 Å². The predicted octanol–water partition coefficient (Wildman–Crippen LogP) is 2.43. The number of carbonyl (C=O) groups excluding carboxylic acids is 1. The average Bonchev–Trinajstić information content (AvgIpc) is 2.65. The standard InChI is InChI=1S/C10H14BrNO2/c1-7(2)9(5-11)12-10(13)8-3-4-14-6-8/h3-4,6-7,9H,5H2,1-2H3,(H,12,13). The van der Waals surface area contributed by atoms with Crippen LogP contribution in [0.25, 0.3) is 0 Å². The van der Waals surface area contributed by atoms with Gasteiger partial charge in [0.15, 0.2) is 0 Å². The largest absolute Gasteiger partial charge is 0.472 e. The topological polar surface area (TPSA) is 42.2 Å². The number of carbonyl (C=O) groups is 1. The van der Waals surface area contributed by atoms with Gasteiger partial charge in [0.25, 0.3) is 5.91 Å². The number of alkyl halides is 1. The van der Waals surface area contributed by atoms with E-state index in [-0.39, 0.29) is 11.9 Å². The zero-order chi connectivity index (χ0) is 10.6. The van der Waals surface area contributed by atoms with Crippen LogP contribution in [0.1, 0.15) is 24.2 Å². The van der Waals surface area contributed by atoms with Crippen LogP contribution in [0.15, 0.2) is 23.0 Å². The highest BCUT2D eigenvalue weighted by atomic mass is 79.9. The molecule has 1 rings (SSSR count). The van der Waals surface area contributed by atoms with Crippen LogP contribution in [0.5, 0.6) is 0 Å². The molecule has 0 aliphatic rings. The van der Waals surface area contributed by atoms with Crippen molar-refractivity contribution in [3.8, 4) is 0 Å². The first-order valence-electron chi connectivity index (χ1n) is 4.54. The molecule has 0 aromatic carbocycles. The first kappa shape index (κ1) is 11.3. The number of halogens is 1. The van der Waals surface area contributed by atoms with Gasteiger partial charge in [-0.1, -0.05) is 29.8 Å². The molecule has 0 aliphatic heterocycles. The zero-order valence-corrected chi connectivity index (χ0v) is 9.87. The van der Waals surface area contributed by atoms with Crippen molar-refractivity contribution in [2.45, 2.75) is 19.9 Å². The van der Waals surface area contributed by atoms with Gasteiger partial charge in [-0.05, 0) is 12.0 Å². The van der Waals surface area contributed by atoms with E-state index in [1.165, 1.54) is 12.5 Å². The number of hydrogen-bond acceptors (Lipinski definition) is 2. The van der Waals surface area contributed by atoms with Gasteiger partial charge in [0.05, 0.1) is 11.8 Å². The second-order valence-electron chi connectivity index (χ2n) is 3.49. The number of nitrogens with one attached hydrogen (secondary N) is 1. The van der Waals surface area contributed by atoms with Gasteiger partial charge in [-0.2, -0.15) is 0 Å². The van der Waals surface area contributed by atoms with E-state index >= 15 is 0 Å². The van der Waals surface area contributed by atoms with Crippen molar-refractivity contribution in [3.63, 3.8) is 0 Å². The summed E-state index contributed by atoms with van der Waals surface area (Å²) >= 11 is 3.37. The summed E-state index contributed by atoms with van der Waals surface area (Å²) in [5, 5.41) is 3.68. The molecule has 0 aliphatic carbocycles. The molecule has 78 valence electrons. The second-order valence-corrected chi connectivity index (χ2v) is 4.14. The highest BCUT2D eigenvalue weighted by molar-refractivity contribution is 9.09. The molecule has 1 atom stereocenters. The van der Waals surface area contributed by atoms with Crippen LogP contribution in [-0.4, -0.2) is 17.3 Å². The van der Waals surface area contributed by atoms with Gasteiger partial charge in [0.2, 0.25) is 0 Å². The molecule has 0 radical (unpaired) electrons. The van der Waals surface area contributed by atoms with Crippen LogP contribution in [0, 0.1) is 5.92 Å². The van der Waals surface area contributed by atoms with Gasteiger partial charge >= 0.3 is 0 Å². The first-order valence-corrected chi connectivity index (χ1v) is 5.66. The van der Waals surface area contributed by atoms with Crippen LogP contribution >= 0.6 is 15.9 Å². The van der Waals surface area contributed by atoms with Crippen LogP contribution in [0.2, 0.25) is 0 Å². The molecule has 0 saturated carbocycles. The molecule has 1 aromatic heterocycles. The minimum atomic E-state index is -0.0862. The molecule has 0 spiro atoms. The minimum absolute atomic E-state index is 0.0862. The Kier molecular flexibility index (Phi) is 4.20. The van der Waals surface area contributed by atoms with Gasteiger partial charge in [-0.25, -0.2) is 0 Å². The maximum absolute atomic E-state index is 11.6. The van der Waals surface area contributed by atoms with E-state index in [0.29, 0.717) is 11.5 Å². The van der Waals surface area contributed by atoms with Gasteiger partial charge in [-0.15, -0.1) is 0 Å². The third-order valence-corrected chi connectivity index (χ3v) is 2.77. The first-order chi connectivity index (χ1) is 6.65. The number of hydrogen-bond donors (Lipinski definition) is 1. The summed E-state index contributed by atoms with van der Waals surface area (Å²) in [6.45, 7) is 4.14. The number of rotatable bonds is 4. The third-order valence-electron chi connectivity index (χ3n) is 2.07. The Labute approximate surface area is 92.0 Å². The Morgan fingerprint density at radius 2 is 2.36 bits per heavy atom. The van der Waals surface area contributed by atoms with Gasteiger partial charge < -0.3 is 9.73 Å². The Morgan fingerprint density at radius 3 is 2.79 bits per heavy atom. The summed E-state index contributed by atoms with van der Waals surface area (Å²) < 4.78 is 4.84. The highest BCUT2D eigenvalue weighted by Gasteiger charge is 2.16. The normalized spacial score (nSPS) is 12.9. The molecule has 1 aromatic rings. The van der Waals surface area contributed by atoms with Gasteiger partial charge in [0.1, 0.15) is 6.26 Å². The molecular formula is C10H14BrNO2. The molecule has 1 unspecified atom stereocenters. The third kappa shape index (κ3) is 2.87. The van der Waals surface area contributed by atoms with Crippen LogP contribution in [0.4, 0.5) is 0 Å². The average molecular weight is 260 g/mol.